The predicted octanol–water partition coefficient (Wildman–Crippen LogP) is -1.43. The molecule has 207 valence electrons. The Balaban J connectivity index is 0.000000471. The molecular formula is C23H32N7O7Se. The molecule has 7 N–H and O–H groups in total. The zero-order valence-electron chi connectivity index (χ0n) is 21.0. The molecule has 2 rings (SSSR count). The molecule has 0 aliphatic rings. The van der Waals surface area contributed by atoms with Crippen LogP contribution < -0.4 is 10.7 Å². The normalized spacial score (nSPS) is 14.8. The average molecular weight is 598 g/mol. The van der Waals surface area contributed by atoms with Crippen molar-refractivity contribution in [3.8, 4) is 0 Å². The third kappa shape index (κ3) is 11.1. The summed E-state index contributed by atoms with van der Waals surface area (Å²) in [6, 6.07) is 9.81. The summed E-state index contributed by atoms with van der Waals surface area (Å²) in [4.78, 5) is 31.5. The maximum absolute atomic E-state index is 12.2. The van der Waals surface area contributed by atoms with Gasteiger partial charge in [0.25, 0.3) is 0 Å². The van der Waals surface area contributed by atoms with E-state index in [1.54, 1.807) is 69.7 Å². The molecule has 0 saturated heterocycles. The van der Waals surface area contributed by atoms with Gasteiger partial charge < -0.3 is 30.8 Å². The molecule has 0 aliphatic heterocycles. The van der Waals surface area contributed by atoms with E-state index in [0.29, 0.717) is 27.8 Å². The van der Waals surface area contributed by atoms with E-state index in [-0.39, 0.29) is 6.54 Å². The van der Waals surface area contributed by atoms with E-state index < -0.39 is 41.9 Å². The van der Waals surface area contributed by atoms with Gasteiger partial charge >= 0.3 is 152 Å². The molecule has 2 aromatic heterocycles. The number of carbonyl (C=O) groups excluding carboxylic acids is 2. The van der Waals surface area contributed by atoms with E-state index in [0.717, 1.165) is 0 Å². The molecule has 38 heavy (non-hydrogen) atoms. The molecule has 0 bridgehead atoms. The van der Waals surface area contributed by atoms with Crippen molar-refractivity contribution in [2.75, 3.05) is 20.2 Å². The third-order valence-corrected chi connectivity index (χ3v) is 5.11. The number of aromatic nitrogens is 2. The van der Waals surface area contributed by atoms with E-state index in [4.69, 9.17) is 20.4 Å². The van der Waals surface area contributed by atoms with E-state index in [1.807, 2.05) is 0 Å². The number of carbonyl (C=O) groups is 2. The van der Waals surface area contributed by atoms with Gasteiger partial charge in [-0.25, -0.2) is 0 Å². The number of imide groups is 1. The van der Waals surface area contributed by atoms with Crippen LogP contribution in [0.3, 0.4) is 0 Å². The number of likely N-dealkylation sites (N-methyl/N-ethyl adjacent to an activating group) is 1. The number of nitrogens with one attached hydrogen (secondary N) is 2. The van der Waals surface area contributed by atoms with Gasteiger partial charge in [-0.2, -0.15) is 0 Å². The van der Waals surface area contributed by atoms with Crippen LogP contribution in [0.2, 0.25) is 0 Å². The number of hydrogen-bond acceptors (Lipinski definition) is 12. The zero-order chi connectivity index (χ0) is 28.7. The van der Waals surface area contributed by atoms with Crippen molar-refractivity contribution in [2.45, 2.75) is 38.3 Å². The molecular weight excluding hydrogens is 565 g/mol. The second kappa shape index (κ2) is 17.4. The first-order chi connectivity index (χ1) is 18.0. The van der Waals surface area contributed by atoms with Gasteiger partial charge in [0.15, 0.2) is 0 Å². The molecule has 2 aromatic rings. The molecule has 0 fully saturated rings. The fraction of sp³-hybridized carbons (Fsp3) is 0.391. The SMILES string of the molecule is CC(=NNC(=O)N(N=C(C)c1ccccn1)C(=O)[Se])c1ccccn1.CNC[C@H](O)[C@@H](O)[C@H](O)[C@H](O)CO. The summed E-state index contributed by atoms with van der Waals surface area (Å²) < 4.78 is 0. The molecule has 0 unspecified atom stereocenters. The number of urea groups is 1. The van der Waals surface area contributed by atoms with Crippen LogP contribution in [0, 0.1) is 0 Å². The minimum Gasteiger partial charge on any atom is -0.394 e. The first-order valence-corrected chi connectivity index (χ1v) is 12.1. The smallest absolute Gasteiger partial charge is 0.111 e. The van der Waals surface area contributed by atoms with Crippen molar-refractivity contribution < 1.29 is 35.1 Å². The Morgan fingerprint density at radius 1 is 0.947 bits per heavy atom. The van der Waals surface area contributed by atoms with E-state index in [1.165, 1.54) is 0 Å². The third-order valence-electron chi connectivity index (χ3n) is 4.74. The van der Waals surface area contributed by atoms with Crippen molar-refractivity contribution in [3.05, 3.63) is 60.2 Å². The summed E-state index contributed by atoms with van der Waals surface area (Å²) >= 11 is 2.23. The number of hydrazone groups is 2. The van der Waals surface area contributed by atoms with E-state index in [2.05, 4.69) is 46.9 Å². The molecule has 3 amide bonds. The number of amides is 3. The summed E-state index contributed by atoms with van der Waals surface area (Å²) in [5.41, 5.74) is 4.34. The Morgan fingerprint density at radius 2 is 1.47 bits per heavy atom. The van der Waals surface area contributed by atoms with Gasteiger partial charge in [0.1, 0.15) is 18.3 Å². The van der Waals surface area contributed by atoms with Gasteiger partial charge in [-0.3, -0.25) is 0 Å². The van der Waals surface area contributed by atoms with Gasteiger partial charge in [-0.05, 0) is 7.05 Å². The largest absolute Gasteiger partial charge is 0.394 e. The molecule has 0 aromatic carbocycles. The van der Waals surface area contributed by atoms with Crippen molar-refractivity contribution in [1.82, 2.24) is 25.7 Å². The van der Waals surface area contributed by atoms with Crippen LogP contribution in [0.25, 0.3) is 0 Å². The van der Waals surface area contributed by atoms with Crippen LogP contribution in [-0.2, 0) is 0 Å². The first-order valence-electron chi connectivity index (χ1n) is 11.2. The van der Waals surface area contributed by atoms with Gasteiger partial charge in [-0.15, -0.1) is 0 Å². The number of nitrogens with zero attached hydrogens (tertiary/aromatic N) is 5. The fourth-order valence-electron chi connectivity index (χ4n) is 2.65. The second-order valence-corrected chi connectivity index (χ2v) is 8.40. The number of rotatable bonds is 10. The van der Waals surface area contributed by atoms with Crippen molar-refractivity contribution in [3.63, 3.8) is 0 Å². The van der Waals surface area contributed by atoms with Crippen molar-refractivity contribution in [2.24, 2.45) is 10.2 Å². The van der Waals surface area contributed by atoms with Crippen molar-refractivity contribution >= 4 is 38.3 Å². The van der Waals surface area contributed by atoms with Crippen LogP contribution in [-0.4, -0.2) is 123 Å². The van der Waals surface area contributed by atoms with Gasteiger partial charge in [0.05, 0.1) is 12.7 Å². The molecule has 0 saturated carbocycles. The van der Waals surface area contributed by atoms with Gasteiger partial charge in [0.2, 0.25) is 0 Å². The Morgan fingerprint density at radius 3 is 1.92 bits per heavy atom. The molecule has 15 heteroatoms. The maximum Gasteiger partial charge on any atom is 0.111 e. The number of aliphatic hydroxyl groups excluding tert-OH is 5. The van der Waals surface area contributed by atoms with Crippen LogP contribution in [0.1, 0.15) is 25.2 Å². The second-order valence-electron chi connectivity index (χ2n) is 7.66. The quantitative estimate of drug-likeness (QED) is 0.0963. The molecule has 4 atom stereocenters. The molecule has 2 heterocycles. The van der Waals surface area contributed by atoms with Crippen LogP contribution in [0.4, 0.5) is 9.59 Å². The minimum atomic E-state index is -1.55. The number of pyridine rings is 2. The first kappa shape index (κ1) is 32.9. The Labute approximate surface area is 227 Å². The van der Waals surface area contributed by atoms with Crippen molar-refractivity contribution in [1.29, 1.82) is 0 Å². The summed E-state index contributed by atoms with van der Waals surface area (Å²) in [5.74, 6) is 0. The fourth-order valence-corrected chi connectivity index (χ4v) is 2.91. The number of hydrogen-bond donors (Lipinski definition) is 7. The van der Waals surface area contributed by atoms with Gasteiger partial charge in [0, 0.05) is 6.54 Å². The maximum atomic E-state index is 12.2. The standard InChI is InChI=1S/C16H15N6O2Se.C7H17NO5/c1-11(13-7-3-5-9-17-13)19-20-15(23)22(16(24)25)21-12(2)14-8-4-6-10-18-14;1-8-2-4(10)6(12)7(13)5(11)3-9/h3-10H,1-2H3,(H,20,23);4-13H,2-3H2,1H3/t;4-,5+,6+,7+/m.0/s1. The Bertz CT molecular complexity index is 1060. The number of aliphatic hydroxyl groups is 5. The molecule has 0 spiro atoms. The van der Waals surface area contributed by atoms with Crippen LogP contribution in [0.15, 0.2) is 59.0 Å². The monoisotopic (exact) mass is 598 g/mol. The Kier molecular flexibility index (Phi) is 15.0. The Hall–Kier alpha value is -3.14. The van der Waals surface area contributed by atoms with E-state index in [9.17, 15) is 14.7 Å². The molecule has 0 aliphatic carbocycles. The summed E-state index contributed by atoms with van der Waals surface area (Å²) in [7, 11) is 1.57. The summed E-state index contributed by atoms with van der Waals surface area (Å²) in [5, 5.41) is 56.1. The molecule has 1 radical (unpaired) electrons. The average Bonchev–Trinajstić information content (AvgIpc) is 2.94. The van der Waals surface area contributed by atoms with E-state index >= 15 is 0 Å². The zero-order valence-corrected chi connectivity index (χ0v) is 22.8. The predicted molar refractivity (Wildman–Crippen MR) is 139 cm³/mol. The summed E-state index contributed by atoms with van der Waals surface area (Å²) in [6.45, 7) is 2.77. The van der Waals surface area contributed by atoms with Gasteiger partial charge in [-0.1, -0.05) is 0 Å². The van der Waals surface area contributed by atoms with Crippen LogP contribution in [0.5, 0.6) is 0 Å². The summed E-state index contributed by atoms with van der Waals surface area (Å²) in [6.07, 6.45) is -2.43. The van der Waals surface area contributed by atoms with Crippen LogP contribution >= 0.6 is 0 Å². The minimum absolute atomic E-state index is 0.0936. The topological polar surface area (TPSA) is 213 Å². The molecule has 14 nitrogen and oxygen atoms in total.